The van der Waals surface area contributed by atoms with E-state index in [0.29, 0.717) is 17.9 Å². The van der Waals surface area contributed by atoms with E-state index in [2.05, 4.69) is 0 Å². The number of ether oxygens (including phenoxy) is 2. The van der Waals surface area contributed by atoms with Gasteiger partial charge in [0, 0.05) is 6.61 Å². The third-order valence-electron chi connectivity index (χ3n) is 3.40. The average Bonchev–Trinajstić information content (AvgIpc) is 2.59. The molecule has 0 heterocycles. The van der Waals surface area contributed by atoms with Gasteiger partial charge < -0.3 is 14.6 Å². The fourth-order valence-electron chi connectivity index (χ4n) is 2.34. The van der Waals surface area contributed by atoms with Gasteiger partial charge in [-0.15, -0.1) is 0 Å². The quantitative estimate of drug-likeness (QED) is 0.799. The zero-order chi connectivity index (χ0) is 15.9. The van der Waals surface area contributed by atoms with E-state index >= 15 is 0 Å². The minimum atomic E-state index is -1.29. The lowest BCUT2D eigenvalue weighted by atomic mass is 9.96. The van der Waals surface area contributed by atoms with Crippen molar-refractivity contribution in [2.24, 2.45) is 0 Å². The molecule has 22 heavy (non-hydrogen) atoms. The van der Waals surface area contributed by atoms with Crippen molar-refractivity contribution in [3.05, 3.63) is 65.7 Å². The molecule has 2 rings (SSSR count). The van der Waals surface area contributed by atoms with Crippen molar-refractivity contribution in [3.8, 4) is 5.75 Å². The molecule has 0 radical (unpaired) electrons. The first kappa shape index (κ1) is 16.2. The number of Topliss-reactive ketones (excluding diaryl/α,β-unsaturated/α-hetero) is 1. The molecule has 2 aromatic rings. The van der Waals surface area contributed by atoms with Crippen molar-refractivity contribution < 1.29 is 19.4 Å². The molecule has 0 saturated heterocycles. The van der Waals surface area contributed by atoms with E-state index in [0.717, 1.165) is 5.56 Å². The SMILES string of the molecule is CCOC(c1ccccc1)C(O)C(=O)c1ccccc1OC. The number of rotatable bonds is 7. The summed E-state index contributed by atoms with van der Waals surface area (Å²) in [4.78, 5) is 12.6. The number of hydrogen-bond donors (Lipinski definition) is 1. The average molecular weight is 300 g/mol. The van der Waals surface area contributed by atoms with E-state index in [1.807, 2.05) is 37.3 Å². The Morgan fingerprint density at radius 3 is 2.36 bits per heavy atom. The van der Waals surface area contributed by atoms with Crippen molar-refractivity contribution in [2.45, 2.75) is 19.1 Å². The maximum Gasteiger partial charge on any atom is 0.198 e. The lowest BCUT2D eigenvalue weighted by Crippen LogP contribution is -2.30. The molecule has 0 saturated carbocycles. The summed E-state index contributed by atoms with van der Waals surface area (Å²) in [6.07, 6.45) is -2.00. The molecule has 0 fully saturated rings. The zero-order valence-corrected chi connectivity index (χ0v) is 12.7. The van der Waals surface area contributed by atoms with Crippen molar-refractivity contribution in [2.75, 3.05) is 13.7 Å². The predicted molar refractivity (Wildman–Crippen MR) is 84.1 cm³/mol. The Kier molecular flexibility index (Phi) is 5.69. The highest BCUT2D eigenvalue weighted by molar-refractivity contribution is 6.02. The van der Waals surface area contributed by atoms with Crippen molar-refractivity contribution in [1.29, 1.82) is 0 Å². The standard InChI is InChI=1S/C18H20O4/c1-3-22-18(13-9-5-4-6-10-13)17(20)16(19)14-11-7-8-12-15(14)21-2/h4-12,17-18,20H,3H2,1-2H3. The number of carbonyl (C=O) groups is 1. The van der Waals surface area contributed by atoms with E-state index in [4.69, 9.17) is 9.47 Å². The first-order valence-electron chi connectivity index (χ1n) is 7.20. The minimum absolute atomic E-state index is 0.345. The number of hydrogen-bond acceptors (Lipinski definition) is 4. The van der Waals surface area contributed by atoms with Crippen LogP contribution in [0.25, 0.3) is 0 Å². The van der Waals surface area contributed by atoms with Crippen LogP contribution in [-0.2, 0) is 4.74 Å². The zero-order valence-electron chi connectivity index (χ0n) is 12.7. The summed E-state index contributed by atoms with van der Waals surface area (Å²) in [6, 6.07) is 16.1. The van der Waals surface area contributed by atoms with E-state index in [-0.39, 0.29) is 0 Å². The molecule has 0 aliphatic carbocycles. The predicted octanol–water partition coefficient (Wildman–Crippen LogP) is 3.02. The molecular formula is C18H20O4. The summed E-state index contributed by atoms with van der Waals surface area (Å²) in [5.41, 5.74) is 1.11. The molecule has 0 aliphatic heterocycles. The number of carbonyl (C=O) groups excluding carboxylic acids is 1. The van der Waals surface area contributed by atoms with Gasteiger partial charge in [-0.3, -0.25) is 4.79 Å². The summed E-state index contributed by atoms with van der Waals surface area (Å²) >= 11 is 0. The second-order valence-corrected chi connectivity index (χ2v) is 4.80. The van der Waals surface area contributed by atoms with Crippen LogP contribution in [-0.4, -0.2) is 30.7 Å². The molecule has 2 unspecified atom stereocenters. The van der Waals surface area contributed by atoms with Crippen LogP contribution < -0.4 is 4.74 Å². The fourth-order valence-corrected chi connectivity index (χ4v) is 2.34. The lowest BCUT2D eigenvalue weighted by Gasteiger charge is -2.23. The van der Waals surface area contributed by atoms with E-state index in [1.54, 1.807) is 24.3 Å². The molecule has 1 N–H and O–H groups in total. The molecular weight excluding hydrogens is 280 g/mol. The Balaban J connectivity index is 2.30. The first-order valence-corrected chi connectivity index (χ1v) is 7.20. The number of benzene rings is 2. The van der Waals surface area contributed by atoms with E-state index in [9.17, 15) is 9.90 Å². The maximum atomic E-state index is 12.6. The van der Waals surface area contributed by atoms with E-state index < -0.39 is 18.0 Å². The van der Waals surface area contributed by atoms with Gasteiger partial charge in [0.1, 0.15) is 18.0 Å². The summed E-state index contributed by atoms with van der Waals surface area (Å²) < 4.78 is 10.8. The van der Waals surface area contributed by atoms with Gasteiger partial charge in [0.15, 0.2) is 5.78 Å². The highest BCUT2D eigenvalue weighted by Gasteiger charge is 2.30. The molecule has 2 atom stereocenters. The number of ketones is 1. The number of aliphatic hydroxyl groups is 1. The van der Waals surface area contributed by atoms with Crippen LogP contribution in [0.2, 0.25) is 0 Å². The van der Waals surface area contributed by atoms with Crippen molar-refractivity contribution >= 4 is 5.78 Å². The molecule has 0 aromatic heterocycles. The minimum Gasteiger partial charge on any atom is -0.496 e. The van der Waals surface area contributed by atoms with Gasteiger partial charge in [-0.2, -0.15) is 0 Å². The Labute approximate surface area is 130 Å². The molecule has 0 spiro atoms. The highest BCUT2D eigenvalue weighted by Crippen LogP contribution is 2.27. The third-order valence-corrected chi connectivity index (χ3v) is 3.40. The largest absolute Gasteiger partial charge is 0.496 e. The Morgan fingerprint density at radius 2 is 1.73 bits per heavy atom. The normalized spacial score (nSPS) is 13.4. The number of methoxy groups -OCH3 is 1. The van der Waals surface area contributed by atoms with E-state index in [1.165, 1.54) is 7.11 Å². The lowest BCUT2D eigenvalue weighted by molar-refractivity contribution is -0.0232. The Bertz CT molecular complexity index is 609. The van der Waals surface area contributed by atoms with Gasteiger partial charge in [0.25, 0.3) is 0 Å². The molecule has 4 heteroatoms. The molecule has 0 bridgehead atoms. The van der Waals surface area contributed by atoms with Gasteiger partial charge in [-0.25, -0.2) is 0 Å². The molecule has 4 nitrogen and oxygen atoms in total. The number of para-hydroxylation sites is 1. The van der Waals surface area contributed by atoms with Crippen LogP contribution in [0.4, 0.5) is 0 Å². The Morgan fingerprint density at radius 1 is 1.09 bits per heavy atom. The van der Waals surface area contributed by atoms with Crippen molar-refractivity contribution in [1.82, 2.24) is 0 Å². The monoisotopic (exact) mass is 300 g/mol. The fraction of sp³-hybridized carbons (Fsp3) is 0.278. The van der Waals surface area contributed by atoms with Crippen LogP contribution in [0.3, 0.4) is 0 Å². The molecule has 116 valence electrons. The maximum absolute atomic E-state index is 12.6. The van der Waals surface area contributed by atoms with Crippen molar-refractivity contribution in [3.63, 3.8) is 0 Å². The highest BCUT2D eigenvalue weighted by atomic mass is 16.5. The van der Waals surface area contributed by atoms with Gasteiger partial charge in [-0.05, 0) is 24.6 Å². The van der Waals surface area contributed by atoms with Gasteiger partial charge >= 0.3 is 0 Å². The van der Waals surface area contributed by atoms with Crippen LogP contribution in [0, 0.1) is 0 Å². The summed E-state index contributed by atoms with van der Waals surface area (Å²) in [5.74, 6) is 0.0228. The summed E-state index contributed by atoms with van der Waals surface area (Å²) in [5, 5.41) is 10.5. The second-order valence-electron chi connectivity index (χ2n) is 4.80. The van der Waals surface area contributed by atoms with Gasteiger partial charge in [-0.1, -0.05) is 42.5 Å². The van der Waals surface area contributed by atoms with Crippen LogP contribution in [0.5, 0.6) is 5.75 Å². The third kappa shape index (κ3) is 3.53. The van der Waals surface area contributed by atoms with Gasteiger partial charge in [0.05, 0.1) is 12.7 Å². The van der Waals surface area contributed by atoms with Gasteiger partial charge in [0.2, 0.25) is 0 Å². The van der Waals surface area contributed by atoms with Crippen LogP contribution in [0.15, 0.2) is 54.6 Å². The number of aliphatic hydroxyl groups excluding tert-OH is 1. The smallest absolute Gasteiger partial charge is 0.198 e. The van der Waals surface area contributed by atoms with Crippen LogP contribution in [0.1, 0.15) is 28.9 Å². The molecule has 2 aromatic carbocycles. The molecule has 0 amide bonds. The second kappa shape index (κ2) is 7.73. The summed E-state index contributed by atoms with van der Waals surface area (Å²) in [6.45, 7) is 2.23. The Hall–Kier alpha value is -2.17. The first-order chi connectivity index (χ1) is 10.7. The topological polar surface area (TPSA) is 55.8 Å². The molecule has 0 aliphatic rings. The summed E-state index contributed by atoms with van der Waals surface area (Å²) in [7, 11) is 1.50. The van der Waals surface area contributed by atoms with Crippen LogP contribution >= 0.6 is 0 Å².